The number of fused-ring (bicyclic) bond motifs is 1. The van der Waals surface area contributed by atoms with E-state index < -0.39 is 0 Å². The van der Waals surface area contributed by atoms with Crippen molar-refractivity contribution in [3.05, 3.63) is 23.8 Å². The predicted molar refractivity (Wildman–Crippen MR) is 84.5 cm³/mol. The molecule has 1 aliphatic rings. The molecule has 110 valence electrons. The van der Waals surface area contributed by atoms with Gasteiger partial charge in [0.1, 0.15) is 5.75 Å². The summed E-state index contributed by atoms with van der Waals surface area (Å²) < 4.78 is 5.37. The van der Waals surface area contributed by atoms with Crippen LogP contribution in [0.4, 0.5) is 5.69 Å². The van der Waals surface area contributed by atoms with E-state index in [4.69, 9.17) is 4.74 Å². The summed E-state index contributed by atoms with van der Waals surface area (Å²) in [6, 6.07) is 6.22. The molecule has 0 fully saturated rings. The monoisotopic (exact) mass is 294 g/mol. The number of rotatable bonds is 6. The standard InChI is InChI=1S/C15H22N2O2S/c1-10(9-20-3)7-16-11(2)12-4-5-14-13(6-12)17-15(18)8-19-14/h4-6,10-11,16H,7-9H2,1-3H3,(H,17,18). The maximum absolute atomic E-state index is 11.3. The molecule has 2 atom stereocenters. The summed E-state index contributed by atoms with van der Waals surface area (Å²) in [5, 5.41) is 6.38. The van der Waals surface area contributed by atoms with Crippen LogP contribution in [-0.2, 0) is 4.79 Å². The zero-order valence-corrected chi connectivity index (χ0v) is 13.0. The van der Waals surface area contributed by atoms with Gasteiger partial charge in [-0.2, -0.15) is 11.8 Å². The molecule has 1 aliphatic heterocycles. The summed E-state index contributed by atoms with van der Waals surface area (Å²) in [6.07, 6.45) is 2.13. The molecule has 0 aliphatic carbocycles. The first kappa shape index (κ1) is 15.2. The third-order valence-electron chi connectivity index (χ3n) is 3.36. The van der Waals surface area contributed by atoms with Crippen molar-refractivity contribution < 1.29 is 9.53 Å². The van der Waals surface area contributed by atoms with E-state index >= 15 is 0 Å². The van der Waals surface area contributed by atoms with Crippen molar-refractivity contribution >= 4 is 23.4 Å². The Morgan fingerprint density at radius 2 is 2.25 bits per heavy atom. The van der Waals surface area contributed by atoms with Crippen molar-refractivity contribution in [2.24, 2.45) is 5.92 Å². The number of carbonyl (C=O) groups is 1. The van der Waals surface area contributed by atoms with E-state index in [9.17, 15) is 4.79 Å². The molecule has 2 unspecified atom stereocenters. The average Bonchev–Trinajstić information content (AvgIpc) is 2.44. The molecule has 1 aromatic rings. The number of anilines is 1. The van der Waals surface area contributed by atoms with E-state index in [1.165, 1.54) is 0 Å². The molecule has 4 nitrogen and oxygen atoms in total. The second-order valence-electron chi connectivity index (χ2n) is 5.28. The van der Waals surface area contributed by atoms with Crippen LogP contribution in [0.3, 0.4) is 0 Å². The average molecular weight is 294 g/mol. The Labute approximate surface area is 124 Å². The number of ether oxygens (including phenoxy) is 1. The molecular formula is C15H22N2O2S. The van der Waals surface area contributed by atoms with Gasteiger partial charge in [0.25, 0.3) is 5.91 Å². The Hall–Kier alpha value is -1.20. The Balaban J connectivity index is 1.98. The molecule has 0 aromatic heterocycles. The van der Waals surface area contributed by atoms with E-state index in [1.807, 2.05) is 30.0 Å². The summed E-state index contributed by atoms with van der Waals surface area (Å²) in [5.41, 5.74) is 1.93. The van der Waals surface area contributed by atoms with Gasteiger partial charge < -0.3 is 15.4 Å². The zero-order chi connectivity index (χ0) is 14.5. The van der Waals surface area contributed by atoms with Crippen molar-refractivity contribution in [3.8, 4) is 5.75 Å². The lowest BCUT2D eigenvalue weighted by Gasteiger charge is -2.22. The first-order valence-electron chi connectivity index (χ1n) is 6.89. The first-order chi connectivity index (χ1) is 9.60. The Kier molecular flexibility index (Phi) is 5.31. The van der Waals surface area contributed by atoms with Crippen molar-refractivity contribution in [3.63, 3.8) is 0 Å². The number of nitrogens with one attached hydrogen (secondary N) is 2. The molecule has 2 N–H and O–H groups in total. The molecule has 20 heavy (non-hydrogen) atoms. The molecule has 1 heterocycles. The minimum Gasteiger partial charge on any atom is -0.482 e. The minimum atomic E-state index is -0.0937. The number of carbonyl (C=O) groups excluding carboxylic acids is 1. The Morgan fingerprint density at radius 3 is 3.00 bits per heavy atom. The quantitative estimate of drug-likeness (QED) is 0.847. The van der Waals surface area contributed by atoms with Gasteiger partial charge in [-0.1, -0.05) is 13.0 Å². The van der Waals surface area contributed by atoms with Crippen LogP contribution in [0, 0.1) is 5.92 Å². The summed E-state index contributed by atoms with van der Waals surface area (Å²) in [6.45, 7) is 5.48. The summed E-state index contributed by atoms with van der Waals surface area (Å²) in [5.74, 6) is 2.46. The molecular weight excluding hydrogens is 272 g/mol. The van der Waals surface area contributed by atoms with Gasteiger partial charge in [-0.15, -0.1) is 0 Å². The first-order valence-corrected chi connectivity index (χ1v) is 8.28. The zero-order valence-electron chi connectivity index (χ0n) is 12.2. The minimum absolute atomic E-state index is 0.0937. The lowest BCUT2D eigenvalue weighted by atomic mass is 10.1. The molecule has 2 rings (SSSR count). The Morgan fingerprint density at radius 1 is 1.45 bits per heavy atom. The van der Waals surface area contributed by atoms with Crippen molar-refractivity contribution in [1.82, 2.24) is 5.32 Å². The smallest absolute Gasteiger partial charge is 0.262 e. The van der Waals surface area contributed by atoms with Crippen LogP contribution in [0.25, 0.3) is 0 Å². The molecule has 0 saturated carbocycles. The highest BCUT2D eigenvalue weighted by molar-refractivity contribution is 7.98. The maximum atomic E-state index is 11.3. The van der Waals surface area contributed by atoms with Crippen LogP contribution in [-0.4, -0.2) is 31.1 Å². The number of hydrogen-bond acceptors (Lipinski definition) is 4. The van der Waals surface area contributed by atoms with Crippen LogP contribution in [0.2, 0.25) is 0 Å². The fourth-order valence-electron chi connectivity index (χ4n) is 2.21. The Bertz CT molecular complexity index is 479. The number of thioether (sulfide) groups is 1. The van der Waals surface area contributed by atoms with Gasteiger partial charge in [-0.3, -0.25) is 4.79 Å². The van der Waals surface area contributed by atoms with Crippen molar-refractivity contribution in [2.45, 2.75) is 19.9 Å². The molecule has 1 aromatic carbocycles. The van der Waals surface area contributed by atoms with Crippen molar-refractivity contribution in [1.29, 1.82) is 0 Å². The summed E-state index contributed by atoms with van der Waals surface area (Å²) >= 11 is 1.87. The molecule has 0 bridgehead atoms. The normalized spacial score (nSPS) is 16.9. The van der Waals surface area contributed by atoms with Gasteiger partial charge in [0, 0.05) is 6.04 Å². The van der Waals surface area contributed by atoms with Crippen LogP contribution in [0.5, 0.6) is 5.75 Å². The molecule has 0 radical (unpaired) electrons. The topological polar surface area (TPSA) is 50.4 Å². The lowest BCUT2D eigenvalue weighted by molar-refractivity contribution is -0.118. The van der Waals surface area contributed by atoms with Gasteiger partial charge in [0.05, 0.1) is 5.69 Å². The molecule has 1 amide bonds. The SMILES string of the molecule is CSCC(C)CNC(C)c1ccc2c(c1)NC(=O)CO2. The lowest BCUT2D eigenvalue weighted by Crippen LogP contribution is -2.27. The molecule has 5 heteroatoms. The van der Waals surface area contributed by atoms with Gasteiger partial charge in [-0.05, 0) is 49.1 Å². The van der Waals surface area contributed by atoms with Crippen LogP contribution in [0.1, 0.15) is 25.5 Å². The van der Waals surface area contributed by atoms with Gasteiger partial charge in [0.15, 0.2) is 6.61 Å². The fourth-order valence-corrected chi connectivity index (χ4v) is 2.90. The summed E-state index contributed by atoms with van der Waals surface area (Å²) in [7, 11) is 0. The number of hydrogen-bond donors (Lipinski definition) is 2. The molecule has 0 saturated heterocycles. The van der Waals surface area contributed by atoms with E-state index in [1.54, 1.807) is 0 Å². The van der Waals surface area contributed by atoms with Gasteiger partial charge in [-0.25, -0.2) is 0 Å². The third kappa shape index (κ3) is 3.90. The highest BCUT2D eigenvalue weighted by atomic mass is 32.2. The van der Waals surface area contributed by atoms with E-state index in [0.717, 1.165) is 29.3 Å². The number of benzene rings is 1. The van der Waals surface area contributed by atoms with Crippen LogP contribution >= 0.6 is 11.8 Å². The van der Waals surface area contributed by atoms with Crippen molar-refractivity contribution in [2.75, 3.05) is 30.5 Å². The fraction of sp³-hybridized carbons (Fsp3) is 0.533. The highest BCUT2D eigenvalue weighted by Gasteiger charge is 2.17. The second kappa shape index (κ2) is 6.99. The highest BCUT2D eigenvalue weighted by Crippen LogP contribution is 2.30. The second-order valence-corrected chi connectivity index (χ2v) is 6.19. The third-order valence-corrected chi connectivity index (χ3v) is 4.26. The van der Waals surface area contributed by atoms with Gasteiger partial charge >= 0.3 is 0 Å². The van der Waals surface area contributed by atoms with Crippen LogP contribution < -0.4 is 15.4 Å². The van der Waals surface area contributed by atoms with E-state index in [0.29, 0.717) is 5.92 Å². The van der Waals surface area contributed by atoms with Gasteiger partial charge in [0.2, 0.25) is 0 Å². The maximum Gasteiger partial charge on any atom is 0.262 e. The largest absolute Gasteiger partial charge is 0.482 e. The van der Waals surface area contributed by atoms with Crippen LogP contribution in [0.15, 0.2) is 18.2 Å². The van der Waals surface area contributed by atoms with E-state index in [2.05, 4.69) is 30.7 Å². The number of amides is 1. The predicted octanol–water partition coefficient (Wildman–Crippen LogP) is 2.67. The summed E-state index contributed by atoms with van der Waals surface area (Å²) in [4.78, 5) is 11.3. The molecule has 0 spiro atoms. The van der Waals surface area contributed by atoms with E-state index in [-0.39, 0.29) is 18.6 Å².